The van der Waals surface area contributed by atoms with Crippen LogP contribution in [0.15, 0.2) is 0 Å². The number of carbonyl (C=O) groups excluding carboxylic acids is 1. The van der Waals surface area contributed by atoms with E-state index in [4.69, 9.17) is 21.1 Å². The number of aliphatic carboxylic acids is 3. The van der Waals surface area contributed by atoms with Crippen LogP contribution in [-0.2, 0) is 19.2 Å². The third kappa shape index (κ3) is 10.9. The molecule has 10 heteroatoms. The van der Waals surface area contributed by atoms with E-state index < -0.39 is 42.3 Å². The Morgan fingerprint density at radius 1 is 0.900 bits per heavy atom. The monoisotopic (exact) mass is 293 g/mol. The summed E-state index contributed by atoms with van der Waals surface area (Å²) >= 11 is 0. The standard InChI is InChI=1S/C5H10N2O3.C5H9NO4/c1-7-3(5(9)10)2-4(6)8;1-6-3(5(9)10)2-4(7)8/h3,7H,2H2,1H3,(H2,6,8)(H,9,10);3,6H,2H2,1H3,(H,7,8)(H,9,10)/t2*3-/m00/s1. The Balaban J connectivity index is 0. The van der Waals surface area contributed by atoms with Crippen molar-refractivity contribution in [2.45, 2.75) is 24.9 Å². The minimum atomic E-state index is -1.15. The van der Waals surface area contributed by atoms with Gasteiger partial charge in [-0.15, -0.1) is 0 Å². The zero-order chi connectivity index (χ0) is 16.3. The summed E-state index contributed by atoms with van der Waals surface area (Å²) in [5.41, 5.74) is 4.76. The molecule has 0 bridgehead atoms. The first-order valence-electron chi connectivity index (χ1n) is 5.45. The Morgan fingerprint density at radius 2 is 1.25 bits per heavy atom. The Hall–Kier alpha value is -2.20. The maximum atomic E-state index is 10.2. The topological polar surface area (TPSA) is 179 Å². The molecule has 0 unspecified atom stereocenters. The van der Waals surface area contributed by atoms with Crippen LogP contribution in [0.4, 0.5) is 0 Å². The van der Waals surface area contributed by atoms with E-state index in [9.17, 15) is 19.2 Å². The van der Waals surface area contributed by atoms with Crippen molar-refractivity contribution in [2.24, 2.45) is 5.73 Å². The van der Waals surface area contributed by atoms with E-state index in [2.05, 4.69) is 10.6 Å². The average Bonchev–Trinajstić information content (AvgIpc) is 2.32. The Bertz CT molecular complexity index is 325. The SMILES string of the molecule is CN[C@@H](CC(=O)O)C(=O)O.CN[C@@H](CC(N)=O)C(=O)O. The lowest BCUT2D eigenvalue weighted by Crippen LogP contribution is -2.37. The molecule has 0 aromatic heterocycles. The molecule has 0 aromatic carbocycles. The van der Waals surface area contributed by atoms with E-state index in [1.165, 1.54) is 14.1 Å². The van der Waals surface area contributed by atoms with Gasteiger partial charge in [0.05, 0.1) is 12.8 Å². The molecule has 0 aromatic rings. The molecule has 0 aliphatic carbocycles. The van der Waals surface area contributed by atoms with E-state index in [0.29, 0.717) is 0 Å². The normalized spacial score (nSPS) is 12.5. The smallest absolute Gasteiger partial charge is 0.321 e. The highest BCUT2D eigenvalue weighted by Gasteiger charge is 2.17. The van der Waals surface area contributed by atoms with Crippen LogP contribution >= 0.6 is 0 Å². The highest BCUT2D eigenvalue weighted by Crippen LogP contribution is 1.90. The van der Waals surface area contributed by atoms with Crippen LogP contribution in [0.3, 0.4) is 0 Å². The number of carboxylic acid groups (broad SMARTS) is 3. The lowest BCUT2D eigenvalue weighted by molar-refractivity contribution is -0.145. The molecule has 0 aliphatic heterocycles. The fraction of sp³-hybridized carbons (Fsp3) is 0.600. The van der Waals surface area contributed by atoms with Gasteiger partial charge in [-0.3, -0.25) is 19.2 Å². The van der Waals surface area contributed by atoms with Crippen LogP contribution < -0.4 is 16.4 Å². The van der Waals surface area contributed by atoms with Gasteiger partial charge >= 0.3 is 17.9 Å². The number of nitrogens with two attached hydrogens (primary N) is 1. The summed E-state index contributed by atoms with van der Waals surface area (Å²) < 4.78 is 0. The van der Waals surface area contributed by atoms with Crippen LogP contribution in [0.1, 0.15) is 12.8 Å². The number of hydrogen-bond donors (Lipinski definition) is 6. The van der Waals surface area contributed by atoms with Gasteiger partial charge in [-0.05, 0) is 14.1 Å². The van der Waals surface area contributed by atoms with Crippen molar-refractivity contribution in [1.82, 2.24) is 10.6 Å². The molecule has 0 saturated carbocycles. The second kappa shape index (κ2) is 10.7. The Morgan fingerprint density at radius 3 is 1.35 bits per heavy atom. The molecule has 0 fully saturated rings. The van der Waals surface area contributed by atoms with Crippen molar-refractivity contribution in [1.29, 1.82) is 0 Å². The lowest BCUT2D eigenvalue weighted by Gasteiger charge is -2.06. The number of carbonyl (C=O) groups is 4. The zero-order valence-electron chi connectivity index (χ0n) is 11.1. The number of nitrogens with one attached hydrogen (secondary N) is 2. The number of carboxylic acids is 3. The summed E-state index contributed by atoms with van der Waals surface area (Å²) in [5.74, 6) is -3.96. The predicted octanol–water partition coefficient (Wildman–Crippen LogP) is -2.33. The molecule has 1 amide bonds. The van der Waals surface area contributed by atoms with Crippen molar-refractivity contribution in [3.8, 4) is 0 Å². The fourth-order valence-corrected chi connectivity index (χ4v) is 1.00. The van der Waals surface area contributed by atoms with Gasteiger partial charge in [0.2, 0.25) is 5.91 Å². The van der Waals surface area contributed by atoms with Gasteiger partial charge in [-0.2, -0.15) is 0 Å². The van der Waals surface area contributed by atoms with Gasteiger partial charge in [0.1, 0.15) is 12.1 Å². The molecule has 0 saturated heterocycles. The van der Waals surface area contributed by atoms with E-state index in [0.717, 1.165) is 0 Å². The number of rotatable bonds is 8. The number of hydrogen-bond acceptors (Lipinski definition) is 6. The van der Waals surface area contributed by atoms with Gasteiger partial charge in [0.15, 0.2) is 0 Å². The van der Waals surface area contributed by atoms with Crippen LogP contribution in [0.2, 0.25) is 0 Å². The van der Waals surface area contributed by atoms with Crippen molar-refractivity contribution >= 4 is 23.8 Å². The molecule has 7 N–H and O–H groups in total. The van der Waals surface area contributed by atoms with Gasteiger partial charge in [0.25, 0.3) is 0 Å². The van der Waals surface area contributed by atoms with E-state index in [1.54, 1.807) is 0 Å². The van der Waals surface area contributed by atoms with Crippen LogP contribution in [0, 0.1) is 0 Å². The maximum Gasteiger partial charge on any atom is 0.321 e. The lowest BCUT2D eigenvalue weighted by atomic mass is 10.2. The molecule has 0 rings (SSSR count). The van der Waals surface area contributed by atoms with Gasteiger partial charge in [0, 0.05) is 0 Å². The minimum absolute atomic E-state index is 0.175. The summed E-state index contributed by atoms with van der Waals surface area (Å²) in [6.45, 7) is 0. The second-order valence-corrected chi connectivity index (χ2v) is 3.63. The van der Waals surface area contributed by atoms with Crippen LogP contribution in [0.5, 0.6) is 0 Å². The number of primary amides is 1. The highest BCUT2D eigenvalue weighted by molar-refractivity contribution is 5.83. The quantitative estimate of drug-likeness (QED) is 0.286. The Kier molecular flexibility index (Phi) is 10.8. The maximum absolute atomic E-state index is 10.2. The van der Waals surface area contributed by atoms with E-state index in [1.807, 2.05) is 0 Å². The van der Waals surface area contributed by atoms with E-state index in [-0.39, 0.29) is 6.42 Å². The predicted molar refractivity (Wildman–Crippen MR) is 67.0 cm³/mol. The van der Waals surface area contributed by atoms with Crippen molar-refractivity contribution in [2.75, 3.05) is 14.1 Å². The van der Waals surface area contributed by atoms with Crippen LogP contribution in [0.25, 0.3) is 0 Å². The third-order valence-electron chi connectivity index (χ3n) is 2.08. The number of amides is 1. The molecule has 20 heavy (non-hydrogen) atoms. The van der Waals surface area contributed by atoms with Gasteiger partial charge in [-0.1, -0.05) is 0 Å². The van der Waals surface area contributed by atoms with Gasteiger partial charge in [-0.25, -0.2) is 0 Å². The molecule has 0 aliphatic rings. The summed E-state index contributed by atoms with van der Waals surface area (Å²) in [6.07, 6.45) is -0.572. The van der Waals surface area contributed by atoms with Crippen LogP contribution in [-0.4, -0.2) is 65.3 Å². The number of likely N-dealkylation sites (N-methyl/N-ethyl adjacent to an activating group) is 2. The first-order chi connectivity index (χ1) is 9.15. The molecule has 2 atom stereocenters. The fourth-order valence-electron chi connectivity index (χ4n) is 1.00. The summed E-state index contributed by atoms with van der Waals surface area (Å²) in [4.78, 5) is 40.5. The first-order valence-corrected chi connectivity index (χ1v) is 5.45. The molecular weight excluding hydrogens is 274 g/mol. The van der Waals surface area contributed by atoms with Crippen molar-refractivity contribution in [3.05, 3.63) is 0 Å². The average molecular weight is 293 g/mol. The second-order valence-electron chi connectivity index (χ2n) is 3.63. The largest absolute Gasteiger partial charge is 0.481 e. The highest BCUT2D eigenvalue weighted by atomic mass is 16.4. The zero-order valence-corrected chi connectivity index (χ0v) is 11.1. The summed E-state index contributed by atoms with van der Waals surface area (Å²) in [5, 5.41) is 29.6. The molecule has 10 nitrogen and oxygen atoms in total. The first kappa shape index (κ1) is 20.1. The molecule has 0 spiro atoms. The summed E-state index contributed by atoms with van der Waals surface area (Å²) in [6, 6.07) is -1.85. The molecule has 116 valence electrons. The van der Waals surface area contributed by atoms with Crippen molar-refractivity contribution in [3.63, 3.8) is 0 Å². The van der Waals surface area contributed by atoms with Gasteiger partial charge < -0.3 is 31.7 Å². The van der Waals surface area contributed by atoms with Crippen molar-refractivity contribution < 1.29 is 34.5 Å². The third-order valence-corrected chi connectivity index (χ3v) is 2.08. The van der Waals surface area contributed by atoms with E-state index >= 15 is 0 Å². The minimum Gasteiger partial charge on any atom is -0.481 e. The molecule has 0 radical (unpaired) electrons. The molecule has 0 heterocycles. The summed E-state index contributed by atoms with van der Waals surface area (Å²) in [7, 11) is 2.86. The molecular formula is C10H19N3O7. The Labute approximate surface area is 114 Å².